The molecule has 0 saturated heterocycles. The molecule has 46 heavy (non-hydrogen) atoms. The highest BCUT2D eigenvalue weighted by Gasteiger charge is 2.23. The number of carbonyl (C=O) groups excluding carboxylic acids is 3. The average molecular weight is 663 g/mol. The Balaban J connectivity index is 1.54. The van der Waals surface area contributed by atoms with Crippen LogP contribution >= 0.6 is 11.3 Å². The Bertz CT molecular complexity index is 1730. The van der Waals surface area contributed by atoms with Crippen LogP contribution in [0.1, 0.15) is 51.7 Å². The van der Waals surface area contributed by atoms with Crippen molar-refractivity contribution in [3.05, 3.63) is 112 Å². The monoisotopic (exact) mass is 662 g/mol. The summed E-state index contributed by atoms with van der Waals surface area (Å²) in [7, 11) is -2.33. The van der Waals surface area contributed by atoms with Crippen molar-refractivity contribution in [2.24, 2.45) is 0 Å². The van der Waals surface area contributed by atoms with E-state index in [1.165, 1.54) is 36.6 Å². The molecule has 2 aromatic carbocycles. The fourth-order valence-corrected chi connectivity index (χ4v) is 5.76. The molecular formula is C33H38N6O5S2. The summed E-state index contributed by atoms with van der Waals surface area (Å²) < 4.78 is 25.8. The number of nitrogens with one attached hydrogen (secondary N) is 4. The molecule has 0 saturated carbocycles. The van der Waals surface area contributed by atoms with Gasteiger partial charge in [0.1, 0.15) is 0 Å². The lowest BCUT2D eigenvalue weighted by Gasteiger charge is -2.23. The van der Waals surface area contributed by atoms with Gasteiger partial charge in [0, 0.05) is 37.0 Å². The molecule has 0 radical (unpaired) electrons. The van der Waals surface area contributed by atoms with Gasteiger partial charge in [-0.15, -0.1) is 0 Å². The number of benzene rings is 2. The summed E-state index contributed by atoms with van der Waals surface area (Å²) >= 11 is 1.53. The summed E-state index contributed by atoms with van der Waals surface area (Å²) in [6.07, 6.45) is 4.69. The maximum Gasteiger partial charge on any atom is 0.251 e. The molecule has 0 bridgehead atoms. The van der Waals surface area contributed by atoms with Crippen molar-refractivity contribution in [1.82, 2.24) is 20.9 Å². The van der Waals surface area contributed by atoms with Gasteiger partial charge in [-0.3, -0.25) is 23.7 Å². The normalized spacial score (nSPS) is 13.2. The summed E-state index contributed by atoms with van der Waals surface area (Å²) in [5, 5.41) is 15.9. The number of pyridine rings is 1. The zero-order valence-corrected chi connectivity index (χ0v) is 27.7. The van der Waals surface area contributed by atoms with Crippen molar-refractivity contribution in [2.45, 2.75) is 38.4 Å². The van der Waals surface area contributed by atoms with E-state index in [0.717, 1.165) is 21.7 Å². The van der Waals surface area contributed by atoms with Gasteiger partial charge in [0.15, 0.2) is 0 Å². The average Bonchev–Trinajstić information content (AvgIpc) is 3.56. The third kappa shape index (κ3) is 9.70. The Morgan fingerprint density at radius 2 is 1.63 bits per heavy atom. The molecule has 0 spiro atoms. The first-order valence-electron chi connectivity index (χ1n) is 14.6. The molecule has 3 atom stereocenters. The smallest absolute Gasteiger partial charge is 0.251 e. The van der Waals surface area contributed by atoms with Crippen LogP contribution in [0.2, 0.25) is 0 Å². The lowest BCUT2D eigenvalue weighted by Crippen LogP contribution is -2.48. The Kier molecular flexibility index (Phi) is 11.6. The van der Waals surface area contributed by atoms with E-state index in [1.54, 1.807) is 31.5 Å². The van der Waals surface area contributed by atoms with E-state index in [-0.39, 0.29) is 35.3 Å². The minimum Gasteiger partial charge on any atom is -0.348 e. The van der Waals surface area contributed by atoms with Crippen molar-refractivity contribution in [3.63, 3.8) is 0 Å². The van der Waals surface area contributed by atoms with Crippen molar-refractivity contribution in [1.29, 1.82) is 0 Å². The summed E-state index contributed by atoms with van der Waals surface area (Å²) in [5.41, 5.74) is 2.88. The molecule has 4 N–H and O–H groups in total. The molecule has 0 aliphatic carbocycles. The van der Waals surface area contributed by atoms with Crippen LogP contribution in [0.15, 0.2) is 89.9 Å². The van der Waals surface area contributed by atoms with E-state index in [9.17, 15) is 22.8 Å². The highest BCUT2D eigenvalue weighted by Crippen LogP contribution is 2.22. The Morgan fingerprint density at radius 3 is 2.24 bits per heavy atom. The number of nitrogens with zero attached hydrogens (tertiary/aromatic N) is 2. The van der Waals surface area contributed by atoms with Gasteiger partial charge in [0.05, 0.1) is 35.9 Å². The number of aromatic nitrogens is 1. The van der Waals surface area contributed by atoms with Crippen molar-refractivity contribution in [2.75, 3.05) is 29.5 Å². The molecular weight excluding hydrogens is 625 g/mol. The summed E-state index contributed by atoms with van der Waals surface area (Å²) in [6.45, 7) is 3.82. The number of carbonyl (C=O) groups is 3. The summed E-state index contributed by atoms with van der Waals surface area (Å²) in [5.74, 6) is -1.21. The predicted octanol–water partition coefficient (Wildman–Crippen LogP) is 3.99. The fourth-order valence-electron chi connectivity index (χ4n) is 4.59. The van der Waals surface area contributed by atoms with Gasteiger partial charge < -0.3 is 21.3 Å². The van der Waals surface area contributed by atoms with Crippen LogP contribution in [-0.2, 0) is 21.2 Å². The second kappa shape index (κ2) is 15.6. The maximum atomic E-state index is 13.7. The molecule has 242 valence electrons. The first-order chi connectivity index (χ1) is 21.9. The largest absolute Gasteiger partial charge is 0.348 e. The van der Waals surface area contributed by atoms with Crippen molar-refractivity contribution < 1.29 is 22.8 Å². The van der Waals surface area contributed by atoms with Crippen LogP contribution in [0, 0.1) is 0 Å². The molecule has 0 aliphatic rings. The molecule has 0 unspecified atom stereocenters. The molecule has 2 heterocycles. The number of hydrogen-bond donors (Lipinski definition) is 4. The first kappa shape index (κ1) is 34.3. The van der Waals surface area contributed by atoms with Crippen LogP contribution in [0.3, 0.4) is 0 Å². The van der Waals surface area contributed by atoms with E-state index in [4.69, 9.17) is 0 Å². The molecule has 2 aromatic heterocycles. The lowest BCUT2D eigenvalue weighted by atomic mass is 10.0. The maximum absolute atomic E-state index is 13.7. The number of hydrogen-bond acceptors (Lipinski definition) is 8. The molecule has 0 aliphatic heterocycles. The quantitative estimate of drug-likeness (QED) is 0.160. The van der Waals surface area contributed by atoms with Crippen LogP contribution in [0.5, 0.6) is 0 Å². The van der Waals surface area contributed by atoms with Crippen molar-refractivity contribution in [3.8, 4) is 0 Å². The van der Waals surface area contributed by atoms with Crippen LogP contribution in [0.4, 0.5) is 11.4 Å². The van der Waals surface area contributed by atoms with Gasteiger partial charge >= 0.3 is 0 Å². The van der Waals surface area contributed by atoms with Crippen LogP contribution in [-0.4, -0.2) is 63.1 Å². The van der Waals surface area contributed by atoms with Crippen LogP contribution < -0.4 is 25.6 Å². The number of rotatable bonds is 14. The predicted molar refractivity (Wildman–Crippen MR) is 182 cm³/mol. The van der Waals surface area contributed by atoms with Gasteiger partial charge in [0.25, 0.3) is 11.8 Å². The number of amides is 3. The second-order valence-electron chi connectivity index (χ2n) is 11.0. The van der Waals surface area contributed by atoms with Gasteiger partial charge in [0.2, 0.25) is 15.9 Å². The minimum absolute atomic E-state index is 0.114. The van der Waals surface area contributed by atoms with E-state index >= 15 is 0 Å². The molecule has 4 aromatic rings. The Morgan fingerprint density at radius 1 is 0.935 bits per heavy atom. The number of anilines is 2. The van der Waals surface area contributed by atoms with E-state index < -0.39 is 33.9 Å². The number of sulfonamides is 1. The molecule has 13 heteroatoms. The Labute approximate surface area is 273 Å². The van der Waals surface area contributed by atoms with E-state index in [2.05, 4.69) is 26.3 Å². The van der Waals surface area contributed by atoms with Crippen LogP contribution in [0.25, 0.3) is 0 Å². The number of thiophene rings is 1. The third-order valence-corrected chi connectivity index (χ3v) is 9.28. The van der Waals surface area contributed by atoms with Gasteiger partial charge in [-0.2, -0.15) is 11.3 Å². The summed E-state index contributed by atoms with van der Waals surface area (Å²) in [6, 6.07) is 17.8. The summed E-state index contributed by atoms with van der Waals surface area (Å²) in [4.78, 5) is 43.9. The standard InChI is InChI=1S/C33H38N6O5S2/c1-22(25-9-6-5-7-10-25)36-32(41)26-16-27(18-30(17-26)39(3)46(4,43)44)33(42)38-29(15-24-12-14-45-21-24)20-35-23(2)31(40)37-28-11-8-13-34-19-28/h5-14,16-19,21-23,29,35H,15,20H2,1-4H3,(H,36,41)(H,37,40)(H,38,42)/t22-,23+,29+/m1/s1. The highest BCUT2D eigenvalue weighted by molar-refractivity contribution is 7.92. The molecule has 3 amide bonds. The van der Waals surface area contributed by atoms with Gasteiger partial charge in [-0.1, -0.05) is 30.3 Å². The van der Waals surface area contributed by atoms with Gasteiger partial charge in [-0.25, -0.2) is 8.42 Å². The van der Waals surface area contributed by atoms with E-state index in [0.29, 0.717) is 12.1 Å². The first-order valence-corrected chi connectivity index (χ1v) is 17.4. The third-order valence-electron chi connectivity index (χ3n) is 7.34. The fraction of sp³-hybridized carbons (Fsp3) is 0.273. The van der Waals surface area contributed by atoms with E-state index in [1.807, 2.05) is 54.1 Å². The molecule has 0 fully saturated rings. The highest BCUT2D eigenvalue weighted by atomic mass is 32.2. The topological polar surface area (TPSA) is 150 Å². The molecule has 11 nitrogen and oxygen atoms in total. The molecule has 4 rings (SSSR count). The second-order valence-corrected chi connectivity index (χ2v) is 13.8. The lowest BCUT2D eigenvalue weighted by molar-refractivity contribution is -0.117. The Hall–Kier alpha value is -4.59. The van der Waals surface area contributed by atoms with Crippen molar-refractivity contribution >= 4 is 50.5 Å². The zero-order valence-electron chi connectivity index (χ0n) is 26.1. The zero-order chi connectivity index (χ0) is 33.3. The van der Waals surface area contributed by atoms with Gasteiger partial charge in [-0.05, 0) is 78.6 Å². The SMILES string of the molecule is C[C@H](NC[C@H](Cc1ccsc1)NC(=O)c1cc(C(=O)N[C@H](C)c2ccccc2)cc(N(C)S(C)(=O)=O)c1)C(=O)Nc1cccnc1. The minimum atomic E-state index is -3.69.